The van der Waals surface area contributed by atoms with Crippen LogP contribution in [0.2, 0.25) is 0 Å². The quantitative estimate of drug-likeness (QED) is 0.179. The van der Waals surface area contributed by atoms with Gasteiger partial charge in [0.15, 0.2) is 0 Å². The largest absolute Gasteiger partial charge is 3.00 e. The Balaban J connectivity index is 0.000000209. The summed E-state index contributed by atoms with van der Waals surface area (Å²) in [6.07, 6.45) is 1.46. The summed E-state index contributed by atoms with van der Waals surface area (Å²) >= 11 is 0. The second-order valence-electron chi connectivity index (χ2n) is 9.38. The van der Waals surface area contributed by atoms with E-state index in [9.17, 15) is 0 Å². The van der Waals surface area contributed by atoms with E-state index in [2.05, 4.69) is 78.9 Å². The monoisotopic (exact) mass is 693 g/mol. The summed E-state index contributed by atoms with van der Waals surface area (Å²) in [6, 6.07) is 52.3. The smallest absolute Gasteiger partial charge is 0.257 e. The van der Waals surface area contributed by atoms with Crippen LogP contribution in [0.1, 0.15) is 45.6 Å². The molecule has 40 heavy (non-hydrogen) atoms. The Kier molecular flexibility index (Phi) is 9.03. The number of nitrogens with zero attached hydrogens (tertiary/aromatic N) is 3. The van der Waals surface area contributed by atoms with Crippen LogP contribution in [0.25, 0.3) is 11.1 Å². The maximum absolute atomic E-state index is 4.97. The molecular weight excluding hydrogens is 667 g/mol. The van der Waals surface area contributed by atoms with Gasteiger partial charge in [-0.15, -0.1) is 17.7 Å². The third-order valence-electron chi connectivity index (χ3n) is 6.59. The predicted molar refractivity (Wildman–Crippen MR) is 154 cm³/mol. The predicted octanol–water partition coefficient (Wildman–Crippen LogP) is 7.30. The Hall–Kier alpha value is -4.24. The number of benzene rings is 3. The first-order chi connectivity index (χ1) is 19.3. The first kappa shape index (κ1) is 27.3. The first-order valence-corrected chi connectivity index (χ1v) is 13.1. The molecule has 6 bridgehead atoms. The summed E-state index contributed by atoms with van der Waals surface area (Å²) in [5, 5.41) is 0. The molecule has 1 aliphatic heterocycles. The van der Waals surface area contributed by atoms with Gasteiger partial charge in [0.05, 0.1) is 11.4 Å². The second-order valence-corrected chi connectivity index (χ2v) is 9.38. The number of aromatic nitrogens is 3. The fourth-order valence-electron chi connectivity index (χ4n) is 4.79. The number of hydrogen-bond acceptors (Lipinski definition) is 3. The molecule has 0 spiro atoms. The van der Waals surface area contributed by atoms with Crippen LogP contribution in [0.3, 0.4) is 0 Å². The SMILES string of the molecule is [Ir+3].[c-]1ccccc1-c1[c-]cccc1.[c-]1ccccc1C1c2cccc(n2)Cc2cccc(n2)Cc2cccc1n2. The van der Waals surface area contributed by atoms with Gasteiger partial charge in [0.1, 0.15) is 0 Å². The molecule has 3 aromatic carbocycles. The summed E-state index contributed by atoms with van der Waals surface area (Å²) in [5.41, 5.74) is 9.39. The van der Waals surface area contributed by atoms with E-state index < -0.39 is 0 Å². The van der Waals surface area contributed by atoms with E-state index in [-0.39, 0.29) is 26.0 Å². The Morgan fingerprint density at radius 2 is 0.900 bits per heavy atom. The summed E-state index contributed by atoms with van der Waals surface area (Å²) in [4.78, 5) is 14.7. The van der Waals surface area contributed by atoms with Gasteiger partial charge >= 0.3 is 20.1 Å². The maximum Gasteiger partial charge on any atom is 3.00 e. The van der Waals surface area contributed by atoms with Crippen molar-refractivity contribution in [1.82, 2.24) is 15.0 Å². The minimum absolute atomic E-state index is 0. The van der Waals surface area contributed by atoms with Gasteiger partial charge in [0.25, 0.3) is 0 Å². The molecule has 4 heterocycles. The van der Waals surface area contributed by atoms with Gasteiger partial charge in [-0.05, 0) is 36.4 Å². The summed E-state index contributed by atoms with van der Waals surface area (Å²) in [7, 11) is 0. The first-order valence-electron chi connectivity index (χ1n) is 13.1. The minimum Gasteiger partial charge on any atom is -0.257 e. The number of fused-ring (bicyclic) bond motifs is 6. The molecule has 0 fully saturated rings. The molecule has 0 unspecified atom stereocenters. The van der Waals surface area contributed by atoms with Gasteiger partial charge in [-0.2, -0.15) is 78.9 Å². The molecule has 4 heteroatoms. The maximum atomic E-state index is 4.97. The Labute approximate surface area is 249 Å². The third-order valence-corrected chi connectivity index (χ3v) is 6.59. The van der Waals surface area contributed by atoms with Gasteiger partial charge in [0, 0.05) is 41.5 Å². The molecule has 7 rings (SSSR count). The van der Waals surface area contributed by atoms with Crippen molar-refractivity contribution in [3.63, 3.8) is 0 Å². The van der Waals surface area contributed by atoms with Gasteiger partial charge in [0.2, 0.25) is 0 Å². The molecule has 0 amide bonds. The molecule has 0 aliphatic carbocycles. The van der Waals surface area contributed by atoms with Crippen LogP contribution in [0, 0.1) is 18.2 Å². The Morgan fingerprint density at radius 1 is 0.450 bits per heavy atom. The van der Waals surface area contributed by atoms with E-state index in [1.54, 1.807) is 0 Å². The number of pyridine rings is 3. The van der Waals surface area contributed by atoms with Crippen molar-refractivity contribution in [3.05, 3.63) is 185 Å². The number of hydrogen-bond donors (Lipinski definition) is 0. The van der Waals surface area contributed by atoms with Crippen molar-refractivity contribution in [3.8, 4) is 11.1 Å². The zero-order chi connectivity index (χ0) is 26.3. The van der Waals surface area contributed by atoms with Gasteiger partial charge in [-0.1, -0.05) is 18.2 Å². The summed E-state index contributed by atoms with van der Waals surface area (Å²) in [6.45, 7) is 0. The van der Waals surface area contributed by atoms with Crippen molar-refractivity contribution in [1.29, 1.82) is 0 Å². The van der Waals surface area contributed by atoms with Crippen LogP contribution < -0.4 is 0 Å². The molecule has 6 aromatic rings. The molecule has 0 atom stereocenters. The molecule has 3 aromatic heterocycles. The fourth-order valence-corrected chi connectivity index (χ4v) is 4.79. The van der Waals surface area contributed by atoms with Crippen LogP contribution in [0.4, 0.5) is 0 Å². The van der Waals surface area contributed by atoms with Crippen molar-refractivity contribution in [2.75, 3.05) is 0 Å². The standard InChI is InChI=1S/C24H18N3.C12H8.Ir/c1-2-7-17(8-3-1)24-22-13-5-11-20(26-22)15-18-9-4-10-19(25-18)16-21-12-6-14-23(24)27-21;1-3-7-11(8-4-1)12-9-5-2-6-10-12;/h1-7,9-14,24H,15-16H2;1-7,9H;/q-1;-2;+3. The molecule has 0 saturated carbocycles. The normalized spacial score (nSPS) is 12.0. The van der Waals surface area contributed by atoms with Gasteiger partial charge in [-0.3, -0.25) is 15.0 Å². The molecule has 1 aliphatic rings. The Morgan fingerprint density at radius 3 is 1.35 bits per heavy atom. The van der Waals surface area contributed by atoms with Crippen LogP contribution in [0.5, 0.6) is 0 Å². The van der Waals surface area contributed by atoms with Gasteiger partial charge < -0.3 is 0 Å². The topological polar surface area (TPSA) is 38.7 Å². The van der Waals surface area contributed by atoms with E-state index in [1.165, 1.54) is 0 Å². The summed E-state index contributed by atoms with van der Waals surface area (Å²) in [5.74, 6) is -0.0307. The van der Waals surface area contributed by atoms with Gasteiger partial charge in [-0.25, -0.2) is 11.1 Å². The average molecular weight is 693 g/mol. The molecule has 194 valence electrons. The summed E-state index contributed by atoms with van der Waals surface area (Å²) < 4.78 is 0. The van der Waals surface area contributed by atoms with E-state index in [0.29, 0.717) is 0 Å². The average Bonchev–Trinajstić information content (AvgIpc) is 2.99. The van der Waals surface area contributed by atoms with E-state index in [0.717, 1.165) is 63.7 Å². The van der Waals surface area contributed by atoms with E-state index in [1.807, 2.05) is 66.7 Å². The van der Waals surface area contributed by atoms with Crippen LogP contribution >= 0.6 is 0 Å². The zero-order valence-electron chi connectivity index (χ0n) is 21.8. The minimum atomic E-state index is -0.0307. The molecule has 3 nitrogen and oxygen atoms in total. The Bertz CT molecular complexity index is 1550. The van der Waals surface area contributed by atoms with Crippen molar-refractivity contribution < 1.29 is 20.1 Å². The van der Waals surface area contributed by atoms with E-state index in [4.69, 9.17) is 15.0 Å². The molecule has 0 radical (unpaired) electrons. The molecular formula is C36H26IrN3. The fraction of sp³-hybridized carbons (Fsp3) is 0.0833. The second kappa shape index (κ2) is 13.2. The van der Waals surface area contributed by atoms with Crippen molar-refractivity contribution in [2.24, 2.45) is 0 Å². The van der Waals surface area contributed by atoms with Crippen molar-refractivity contribution in [2.45, 2.75) is 18.8 Å². The molecule has 0 N–H and O–H groups in total. The van der Waals surface area contributed by atoms with E-state index >= 15 is 0 Å². The van der Waals surface area contributed by atoms with Crippen molar-refractivity contribution >= 4 is 0 Å². The van der Waals surface area contributed by atoms with Crippen LogP contribution in [0.15, 0.2) is 127 Å². The van der Waals surface area contributed by atoms with Crippen LogP contribution in [-0.4, -0.2) is 15.0 Å². The third kappa shape index (κ3) is 6.66. The number of rotatable bonds is 2. The zero-order valence-corrected chi connectivity index (χ0v) is 24.2. The molecule has 0 saturated heterocycles. The van der Waals surface area contributed by atoms with Crippen LogP contribution in [-0.2, 0) is 32.9 Å².